The molecule has 0 fully saturated rings. The van der Waals surface area contributed by atoms with Crippen LogP contribution in [0.15, 0.2) is 59.7 Å². The van der Waals surface area contributed by atoms with Crippen molar-refractivity contribution in [2.24, 2.45) is 4.99 Å². The highest BCUT2D eigenvalue weighted by Gasteiger charge is 2.40. The highest BCUT2D eigenvalue weighted by Crippen LogP contribution is 2.34. The lowest BCUT2D eigenvalue weighted by Gasteiger charge is -2.40. The second-order valence-electron chi connectivity index (χ2n) is 8.21. The van der Waals surface area contributed by atoms with Crippen LogP contribution in [0.25, 0.3) is 10.9 Å². The molecule has 3 aromatic rings. The molecule has 4 rings (SSSR count). The van der Waals surface area contributed by atoms with Crippen LogP contribution in [0.5, 0.6) is 5.75 Å². The van der Waals surface area contributed by atoms with Crippen molar-refractivity contribution < 1.29 is 18.3 Å². The van der Waals surface area contributed by atoms with Crippen LogP contribution >= 0.6 is 0 Å². The fourth-order valence-corrected chi connectivity index (χ4v) is 3.74. The van der Waals surface area contributed by atoms with Gasteiger partial charge in [0.2, 0.25) is 5.90 Å². The molecule has 0 bridgehead atoms. The minimum atomic E-state index is -0.956. The molecule has 0 radical (unpaired) electrons. The quantitative estimate of drug-likeness (QED) is 0.601. The summed E-state index contributed by atoms with van der Waals surface area (Å²) in [5.41, 5.74) is -0.396. The van der Waals surface area contributed by atoms with E-state index in [0.29, 0.717) is 29.9 Å². The number of nitrogens with zero attached hydrogens (tertiary/aromatic N) is 2. The zero-order valence-corrected chi connectivity index (χ0v) is 16.6. The largest absolute Gasteiger partial charge is 0.491 e. The number of rotatable bonds is 4. The van der Waals surface area contributed by atoms with E-state index >= 15 is 0 Å². The molecule has 0 N–H and O–H groups in total. The third-order valence-electron chi connectivity index (χ3n) is 4.83. The maximum Gasteiger partial charge on any atom is 0.218 e. The monoisotopic (exact) mass is 396 g/mol. The molecule has 1 aliphatic rings. The highest BCUT2D eigenvalue weighted by atomic mass is 19.2. The van der Waals surface area contributed by atoms with Crippen LogP contribution in [0.3, 0.4) is 0 Å². The molecule has 1 aromatic heterocycles. The van der Waals surface area contributed by atoms with Gasteiger partial charge in [0, 0.05) is 18.0 Å². The van der Waals surface area contributed by atoms with E-state index in [4.69, 9.17) is 14.5 Å². The van der Waals surface area contributed by atoms with Gasteiger partial charge in [-0.05, 0) is 51.1 Å². The first kappa shape index (κ1) is 19.3. The molecular formula is C23H22F2N2O2. The van der Waals surface area contributed by atoms with E-state index in [1.807, 2.05) is 51.1 Å². The standard InChI is InChI=1S/C23H22F2N2O2/c1-22(2)13-23(3,14-28-17-7-5-4-6-8-17)27-21(29-22)16-11-15-9-10-18(24)19(25)20(15)26-12-16/h4-12H,13-14H2,1-3H3. The summed E-state index contributed by atoms with van der Waals surface area (Å²) in [6.07, 6.45) is 2.13. The number of halogens is 2. The molecule has 0 spiro atoms. The van der Waals surface area contributed by atoms with E-state index in [-0.39, 0.29) is 5.52 Å². The summed E-state index contributed by atoms with van der Waals surface area (Å²) in [6, 6.07) is 13.9. The number of fused-ring (bicyclic) bond motifs is 1. The maximum absolute atomic E-state index is 14.0. The molecule has 0 saturated carbocycles. The molecule has 0 amide bonds. The van der Waals surface area contributed by atoms with Crippen LogP contribution in [0.2, 0.25) is 0 Å². The summed E-state index contributed by atoms with van der Waals surface area (Å²) in [5, 5.41) is 0.485. The van der Waals surface area contributed by atoms with E-state index < -0.39 is 22.8 Å². The third kappa shape index (κ3) is 4.06. The predicted octanol–water partition coefficient (Wildman–Crippen LogP) is 5.30. The Balaban J connectivity index is 1.68. The van der Waals surface area contributed by atoms with Gasteiger partial charge in [-0.2, -0.15) is 0 Å². The van der Waals surface area contributed by atoms with Gasteiger partial charge in [-0.25, -0.2) is 13.8 Å². The molecule has 6 heteroatoms. The molecule has 0 aliphatic carbocycles. The Morgan fingerprint density at radius 2 is 1.83 bits per heavy atom. The van der Waals surface area contributed by atoms with Gasteiger partial charge in [-0.15, -0.1) is 0 Å². The number of benzene rings is 2. The third-order valence-corrected chi connectivity index (χ3v) is 4.83. The Kier molecular flexibility index (Phi) is 4.73. The van der Waals surface area contributed by atoms with Crippen LogP contribution in [0, 0.1) is 11.6 Å². The minimum Gasteiger partial charge on any atom is -0.491 e. The molecule has 150 valence electrons. The second kappa shape index (κ2) is 7.10. The van der Waals surface area contributed by atoms with Gasteiger partial charge in [0.05, 0.1) is 11.1 Å². The fourth-order valence-electron chi connectivity index (χ4n) is 3.74. The van der Waals surface area contributed by atoms with Crippen molar-refractivity contribution in [3.05, 3.63) is 71.9 Å². The van der Waals surface area contributed by atoms with Gasteiger partial charge < -0.3 is 9.47 Å². The second-order valence-corrected chi connectivity index (χ2v) is 8.21. The first-order valence-corrected chi connectivity index (χ1v) is 9.46. The SMILES string of the molecule is CC1(COc2ccccc2)CC(C)(C)OC(c2cnc3c(F)c(F)ccc3c2)=N1. The van der Waals surface area contributed by atoms with E-state index in [0.717, 1.165) is 11.8 Å². The average molecular weight is 396 g/mol. The fraction of sp³-hybridized carbons (Fsp3) is 0.304. The van der Waals surface area contributed by atoms with Crippen molar-refractivity contribution in [1.82, 2.24) is 4.98 Å². The van der Waals surface area contributed by atoms with Crippen molar-refractivity contribution in [3.63, 3.8) is 0 Å². The van der Waals surface area contributed by atoms with E-state index in [9.17, 15) is 8.78 Å². The molecule has 1 unspecified atom stereocenters. The van der Waals surface area contributed by atoms with Gasteiger partial charge in [0.1, 0.15) is 23.5 Å². The first-order chi connectivity index (χ1) is 13.7. The molecular weight excluding hydrogens is 374 g/mol. The van der Waals surface area contributed by atoms with E-state index in [1.165, 1.54) is 12.3 Å². The molecule has 1 atom stereocenters. The van der Waals surface area contributed by atoms with Gasteiger partial charge in [-0.3, -0.25) is 4.98 Å². The number of aromatic nitrogens is 1. The van der Waals surface area contributed by atoms with Crippen LogP contribution in [0.4, 0.5) is 8.78 Å². The summed E-state index contributed by atoms with van der Waals surface area (Å²) in [4.78, 5) is 8.90. The molecule has 4 nitrogen and oxygen atoms in total. The number of ether oxygens (including phenoxy) is 2. The predicted molar refractivity (Wildman–Crippen MR) is 108 cm³/mol. The Labute approximate surface area is 168 Å². The van der Waals surface area contributed by atoms with Gasteiger partial charge in [0.25, 0.3) is 0 Å². The normalized spacial score (nSPS) is 20.8. The lowest BCUT2D eigenvalue weighted by atomic mass is 9.87. The number of hydrogen-bond acceptors (Lipinski definition) is 4. The zero-order chi connectivity index (χ0) is 20.6. The molecule has 1 aliphatic heterocycles. The topological polar surface area (TPSA) is 43.7 Å². The first-order valence-electron chi connectivity index (χ1n) is 9.46. The Bertz CT molecular complexity index is 1080. The molecule has 2 heterocycles. The van der Waals surface area contributed by atoms with E-state index in [2.05, 4.69) is 4.98 Å². The summed E-state index contributed by atoms with van der Waals surface area (Å²) < 4.78 is 39.5. The Morgan fingerprint density at radius 1 is 1.07 bits per heavy atom. The van der Waals surface area contributed by atoms with Crippen molar-refractivity contribution in [2.75, 3.05) is 6.61 Å². The summed E-state index contributed by atoms with van der Waals surface area (Å²) in [6.45, 7) is 6.38. The lowest BCUT2D eigenvalue weighted by Crippen LogP contribution is -2.46. The zero-order valence-electron chi connectivity index (χ0n) is 16.6. The summed E-state index contributed by atoms with van der Waals surface area (Å²) in [7, 11) is 0. The Morgan fingerprint density at radius 3 is 2.59 bits per heavy atom. The van der Waals surface area contributed by atoms with Crippen molar-refractivity contribution in [1.29, 1.82) is 0 Å². The molecule has 0 saturated heterocycles. The smallest absolute Gasteiger partial charge is 0.218 e. The maximum atomic E-state index is 14.0. The van der Waals surface area contributed by atoms with Crippen LogP contribution in [0.1, 0.15) is 32.8 Å². The van der Waals surface area contributed by atoms with Crippen molar-refractivity contribution in [2.45, 2.75) is 38.3 Å². The van der Waals surface area contributed by atoms with Gasteiger partial charge >= 0.3 is 0 Å². The number of hydrogen-bond donors (Lipinski definition) is 0. The van der Waals surface area contributed by atoms with Gasteiger partial charge in [0.15, 0.2) is 11.6 Å². The van der Waals surface area contributed by atoms with E-state index in [1.54, 1.807) is 6.07 Å². The van der Waals surface area contributed by atoms with Crippen molar-refractivity contribution >= 4 is 16.8 Å². The number of aliphatic imine (C=N–C) groups is 1. The lowest BCUT2D eigenvalue weighted by molar-refractivity contribution is 0.0298. The van der Waals surface area contributed by atoms with Crippen LogP contribution in [-0.4, -0.2) is 28.6 Å². The van der Waals surface area contributed by atoms with Crippen LogP contribution in [-0.2, 0) is 4.74 Å². The molecule has 2 aromatic carbocycles. The summed E-state index contributed by atoms with van der Waals surface area (Å²) in [5.74, 6) is -0.683. The summed E-state index contributed by atoms with van der Waals surface area (Å²) >= 11 is 0. The molecule has 29 heavy (non-hydrogen) atoms. The minimum absolute atomic E-state index is 0.0143. The number of para-hydroxylation sites is 1. The highest BCUT2D eigenvalue weighted by molar-refractivity contribution is 5.98. The van der Waals surface area contributed by atoms with Gasteiger partial charge in [-0.1, -0.05) is 18.2 Å². The van der Waals surface area contributed by atoms with Crippen molar-refractivity contribution in [3.8, 4) is 5.75 Å². The number of pyridine rings is 1. The van der Waals surface area contributed by atoms with Crippen LogP contribution < -0.4 is 4.74 Å². The average Bonchev–Trinajstić information content (AvgIpc) is 2.68. The Hall–Kier alpha value is -3.02.